The maximum Gasteiger partial charge on any atom is 0.243 e. The summed E-state index contributed by atoms with van der Waals surface area (Å²) < 4.78 is 5.07. The van der Waals surface area contributed by atoms with Gasteiger partial charge >= 0.3 is 0 Å². The molecular weight excluding hydrogens is 278 g/mol. The second-order valence-electron chi connectivity index (χ2n) is 4.30. The number of hydrogen-bond donors (Lipinski definition) is 2. The van der Waals surface area contributed by atoms with E-state index in [4.69, 9.17) is 22.1 Å². The van der Waals surface area contributed by atoms with Crippen LogP contribution in [0.5, 0.6) is 0 Å². The van der Waals surface area contributed by atoms with Gasteiger partial charge in [0, 0.05) is 29.7 Å². The van der Waals surface area contributed by atoms with E-state index in [0.717, 1.165) is 16.5 Å². The van der Waals surface area contributed by atoms with E-state index < -0.39 is 5.91 Å². The summed E-state index contributed by atoms with van der Waals surface area (Å²) in [5.74, 6) is -0.460. The number of nitrogens with zero attached hydrogens (tertiary/aromatic N) is 1. The lowest BCUT2D eigenvalue weighted by Crippen LogP contribution is -2.23. The zero-order valence-electron chi connectivity index (χ0n) is 10.9. The molecule has 0 aliphatic carbocycles. The highest BCUT2D eigenvalue weighted by Crippen LogP contribution is 2.24. The summed E-state index contributed by atoms with van der Waals surface area (Å²) in [5, 5.41) is 4.87. The van der Waals surface area contributed by atoms with Gasteiger partial charge in [-0.2, -0.15) is 0 Å². The molecule has 2 aromatic rings. The third-order valence-corrected chi connectivity index (χ3v) is 3.11. The van der Waals surface area contributed by atoms with Gasteiger partial charge in [0.1, 0.15) is 6.61 Å². The van der Waals surface area contributed by atoms with Gasteiger partial charge in [0.2, 0.25) is 5.91 Å². The number of fused-ring (bicyclic) bond motifs is 1. The third kappa shape index (κ3) is 3.90. The van der Waals surface area contributed by atoms with Crippen molar-refractivity contribution in [2.75, 3.05) is 19.8 Å². The zero-order valence-corrected chi connectivity index (χ0v) is 11.7. The van der Waals surface area contributed by atoms with Crippen LogP contribution in [-0.2, 0) is 16.1 Å². The van der Waals surface area contributed by atoms with Crippen LogP contribution in [0.25, 0.3) is 10.9 Å². The molecule has 5 nitrogen and oxygen atoms in total. The highest BCUT2D eigenvalue weighted by Gasteiger charge is 2.05. The molecule has 0 fully saturated rings. The molecule has 1 aromatic carbocycles. The number of amides is 1. The molecule has 0 saturated carbocycles. The summed E-state index contributed by atoms with van der Waals surface area (Å²) in [4.78, 5) is 14.9. The summed E-state index contributed by atoms with van der Waals surface area (Å²) in [6.45, 7) is 1.67. The Hall–Kier alpha value is -1.69. The molecule has 20 heavy (non-hydrogen) atoms. The summed E-state index contributed by atoms with van der Waals surface area (Å²) in [6.07, 6.45) is 1.75. The normalized spacial score (nSPS) is 10.8. The molecule has 106 valence electrons. The summed E-state index contributed by atoms with van der Waals surface area (Å²) in [6, 6.07) is 7.63. The topological polar surface area (TPSA) is 77.2 Å². The quantitative estimate of drug-likeness (QED) is 0.758. The fourth-order valence-electron chi connectivity index (χ4n) is 1.88. The van der Waals surface area contributed by atoms with Crippen molar-refractivity contribution in [1.29, 1.82) is 0 Å². The van der Waals surface area contributed by atoms with Crippen molar-refractivity contribution in [2.24, 2.45) is 5.73 Å². The molecule has 0 saturated heterocycles. The molecule has 0 aliphatic rings. The predicted octanol–water partition coefficient (Wildman–Crippen LogP) is 1.48. The lowest BCUT2D eigenvalue weighted by molar-refractivity contribution is -0.122. The van der Waals surface area contributed by atoms with Crippen LogP contribution in [0.4, 0.5) is 0 Å². The fourth-order valence-corrected chi connectivity index (χ4v) is 2.09. The average molecular weight is 294 g/mol. The first-order chi connectivity index (χ1) is 9.68. The third-order valence-electron chi connectivity index (χ3n) is 2.78. The summed E-state index contributed by atoms with van der Waals surface area (Å²) in [7, 11) is 0. The molecule has 0 unspecified atom stereocenters. The molecule has 6 heteroatoms. The van der Waals surface area contributed by atoms with Crippen molar-refractivity contribution in [3.05, 3.63) is 41.0 Å². The van der Waals surface area contributed by atoms with Crippen molar-refractivity contribution in [3.63, 3.8) is 0 Å². The van der Waals surface area contributed by atoms with Gasteiger partial charge in [-0.05, 0) is 23.8 Å². The van der Waals surface area contributed by atoms with Crippen LogP contribution < -0.4 is 11.1 Å². The van der Waals surface area contributed by atoms with Crippen LogP contribution in [0.2, 0.25) is 5.02 Å². The van der Waals surface area contributed by atoms with Crippen molar-refractivity contribution in [2.45, 2.75) is 6.54 Å². The minimum absolute atomic E-state index is 0.0485. The van der Waals surface area contributed by atoms with E-state index >= 15 is 0 Å². The lowest BCUT2D eigenvalue weighted by atomic mass is 10.1. The largest absolute Gasteiger partial charge is 0.370 e. The molecule has 1 aromatic heterocycles. The van der Waals surface area contributed by atoms with Crippen molar-refractivity contribution >= 4 is 28.4 Å². The smallest absolute Gasteiger partial charge is 0.243 e. The highest BCUT2D eigenvalue weighted by atomic mass is 35.5. The Morgan fingerprint density at radius 3 is 3.05 bits per heavy atom. The maximum atomic E-state index is 10.5. The van der Waals surface area contributed by atoms with E-state index in [0.29, 0.717) is 24.7 Å². The molecule has 0 atom stereocenters. The number of nitrogens with one attached hydrogen (secondary N) is 1. The van der Waals surface area contributed by atoms with Gasteiger partial charge in [0.25, 0.3) is 0 Å². The van der Waals surface area contributed by atoms with E-state index in [1.807, 2.05) is 24.3 Å². The first kappa shape index (κ1) is 14.7. The number of rotatable bonds is 7. The van der Waals surface area contributed by atoms with Crippen LogP contribution in [0.1, 0.15) is 5.56 Å². The molecule has 1 heterocycles. The number of primary amides is 1. The Morgan fingerprint density at radius 1 is 1.40 bits per heavy atom. The number of ether oxygens (including phenoxy) is 1. The van der Waals surface area contributed by atoms with Crippen molar-refractivity contribution < 1.29 is 9.53 Å². The molecule has 1 amide bonds. The predicted molar refractivity (Wildman–Crippen MR) is 78.5 cm³/mol. The van der Waals surface area contributed by atoms with Gasteiger partial charge in [-0.3, -0.25) is 9.78 Å². The summed E-state index contributed by atoms with van der Waals surface area (Å²) in [5.41, 5.74) is 6.93. The van der Waals surface area contributed by atoms with Crippen LogP contribution in [0.3, 0.4) is 0 Å². The van der Waals surface area contributed by atoms with E-state index in [1.54, 1.807) is 6.20 Å². The lowest BCUT2D eigenvalue weighted by Gasteiger charge is -2.08. The van der Waals surface area contributed by atoms with Gasteiger partial charge in [0.05, 0.1) is 12.1 Å². The zero-order chi connectivity index (χ0) is 14.4. The SMILES string of the molecule is NC(=O)COCCNCc1ccc(Cl)c2cccnc12. The molecule has 2 rings (SSSR count). The fraction of sp³-hybridized carbons (Fsp3) is 0.286. The van der Waals surface area contributed by atoms with Gasteiger partial charge in [-0.25, -0.2) is 0 Å². The first-order valence-corrected chi connectivity index (χ1v) is 6.65. The Labute approximate surface area is 122 Å². The second kappa shape index (κ2) is 7.19. The minimum atomic E-state index is -0.460. The van der Waals surface area contributed by atoms with Crippen LogP contribution in [0, 0.1) is 0 Å². The van der Waals surface area contributed by atoms with Crippen LogP contribution in [0.15, 0.2) is 30.5 Å². The number of benzene rings is 1. The van der Waals surface area contributed by atoms with E-state index in [2.05, 4.69) is 10.3 Å². The van der Waals surface area contributed by atoms with Crippen LogP contribution in [-0.4, -0.2) is 30.6 Å². The number of halogens is 1. The molecule has 0 aliphatic heterocycles. The maximum absolute atomic E-state index is 10.5. The molecule has 0 bridgehead atoms. The number of nitrogens with two attached hydrogens (primary N) is 1. The van der Waals surface area contributed by atoms with Gasteiger partial charge in [-0.1, -0.05) is 17.7 Å². The first-order valence-electron chi connectivity index (χ1n) is 6.27. The van der Waals surface area contributed by atoms with Crippen molar-refractivity contribution in [3.8, 4) is 0 Å². The van der Waals surface area contributed by atoms with E-state index in [1.165, 1.54) is 0 Å². The highest BCUT2D eigenvalue weighted by molar-refractivity contribution is 6.35. The summed E-state index contributed by atoms with van der Waals surface area (Å²) >= 11 is 6.14. The molecular formula is C14H16ClN3O2. The minimum Gasteiger partial charge on any atom is -0.370 e. The van der Waals surface area contributed by atoms with Gasteiger partial charge in [-0.15, -0.1) is 0 Å². The van der Waals surface area contributed by atoms with Crippen LogP contribution >= 0.6 is 11.6 Å². The number of hydrogen-bond acceptors (Lipinski definition) is 4. The van der Waals surface area contributed by atoms with Crippen molar-refractivity contribution in [1.82, 2.24) is 10.3 Å². The standard InChI is InChI=1S/C14H16ClN3O2/c15-12-4-3-10(14-11(12)2-1-5-18-14)8-17-6-7-20-9-13(16)19/h1-5,17H,6-9H2,(H2,16,19). The van der Waals surface area contributed by atoms with E-state index in [9.17, 15) is 4.79 Å². The molecule has 0 spiro atoms. The number of aromatic nitrogens is 1. The number of carbonyl (C=O) groups is 1. The Morgan fingerprint density at radius 2 is 2.25 bits per heavy atom. The monoisotopic (exact) mass is 293 g/mol. The van der Waals surface area contributed by atoms with Gasteiger partial charge in [0.15, 0.2) is 0 Å². The molecule has 0 radical (unpaired) electrons. The molecule has 3 N–H and O–H groups in total. The number of pyridine rings is 1. The Kier molecular flexibility index (Phi) is 5.29. The second-order valence-corrected chi connectivity index (χ2v) is 4.71. The number of carbonyl (C=O) groups excluding carboxylic acids is 1. The Bertz CT molecular complexity index is 604. The Balaban J connectivity index is 1.90. The average Bonchev–Trinajstić information content (AvgIpc) is 2.45. The van der Waals surface area contributed by atoms with E-state index in [-0.39, 0.29) is 6.61 Å². The van der Waals surface area contributed by atoms with Gasteiger partial charge < -0.3 is 15.8 Å².